The molecule has 1 saturated carbocycles. The van der Waals surface area contributed by atoms with E-state index >= 15 is 0 Å². The van der Waals surface area contributed by atoms with Gasteiger partial charge >= 0.3 is 0 Å². The van der Waals surface area contributed by atoms with Gasteiger partial charge in [-0.2, -0.15) is 0 Å². The number of hydrogen-bond donors (Lipinski definition) is 1. The van der Waals surface area contributed by atoms with Crippen LogP contribution in [0.3, 0.4) is 0 Å². The largest absolute Gasteiger partial charge is 0.493 e. The van der Waals surface area contributed by atoms with E-state index in [0.29, 0.717) is 23.1 Å². The first kappa shape index (κ1) is 20.5. The molecule has 0 heterocycles. The standard InChI is InChI=1S/C21H26FNO2.ClH/c1-24-20-13-7-9-16(14-23-18-10-3-2-4-11-18)21(20)25-15-17-8-5-6-12-19(17)22;/h5-9,12-13,18,23H,2-4,10-11,14-15H2,1H3;1H. The van der Waals surface area contributed by atoms with Crippen molar-refractivity contribution < 1.29 is 13.9 Å². The zero-order valence-corrected chi connectivity index (χ0v) is 16.0. The van der Waals surface area contributed by atoms with Crippen LogP contribution in [0.5, 0.6) is 11.5 Å². The van der Waals surface area contributed by atoms with Gasteiger partial charge in [0.15, 0.2) is 11.5 Å². The summed E-state index contributed by atoms with van der Waals surface area (Å²) in [5, 5.41) is 3.63. The topological polar surface area (TPSA) is 30.5 Å². The van der Waals surface area contributed by atoms with Gasteiger partial charge in [0.05, 0.1) is 7.11 Å². The van der Waals surface area contributed by atoms with Crippen molar-refractivity contribution in [1.29, 1.82) is 0 Å². The Morgan fingerprint density at radius 2 is 1.73 bits per heavy atom. The van der Waals surface area contributed by atoms with Crippen molar-refractivity contribution in [2.45, 2.75) is 51.3 Å². The summed E-state index contributed by atoms with van der Waals surface area (Å²) in [7, 11) is 1.63. The van der Waals surface area contributed by atoms with Gasteiger partial charge in [-0.25, -0.2) is 4.39 Å². The van der Waals surface area contributed by atoms with E-state index in [1.165, 1.54) is 38.2 Å². The van der Waals surface area contributed by atoms with Crippen molar-refractivity contribution in [1.82, 2.24) is 5.32 Å². The lowest BCUT2D eigenvalue weighted by molar-refractivity contribution is 0.274. The molecule has 3 nitrogen and oxygen atoms in total. The molecule has 0 unspecified atom stereocenters. The molecule has 0 spiro atoms. The van der Waals surface area contributed by atoms with Crippen LogP contribution in [0.25, 0.3) is 0 Å². The van der Waals surface area contributed by atoms with E-state index in [0.717, 1.165) is 12.1 Å². The van der Waals surface area contributed by atoms with Gasteiger partial charge in [0, 0.05) is 23.7 Å². The molecule has 1 aliphatic rings. The lowest BCUT2D eigenvalue weighted by atomic mass is 9.95. The second-order valence-corrected chi connectivity index (χ2v) is 6.54. The van der Waals surface area contributed by atoms with Gasteiger partial charge < -0.3 is 14.8 Å². The second-order valence-electron chi connectivity index (χ2n) is 6.54. The van der Waals surface area contributed by atoms with Crippen LogP contribution in [0.4, 0.5) is 4.39 Å². The number of hydrogen-bond acceptors (Lipinski definition) is 3. The third-order valence-electron chi connectivity index (χ3n) is 4.80. The molecule has 0 saturated heterocycles. The Hall–Kier alpha value is -1.78. The molecule has 3 rings (SSSR count). The molecule has 26 heavy (non-hydrogen) atoms. The van der Waals surface area contributed by atoms with Crippen LogP contribution >= 0.6 is 12.4 Å². The molecule has 1 N–H and O–H groups in total. The van der Waals surface area contributed by atoms with Gasteiger partial charge in [-0.15, -0.1) is 12.4 Å². The molecule has 0 aliphatic heterocycles. The monoisotopic (exact) mass is 379 g/mol. The average molecular weight is 380 g/mol. The Morgan fingerprint density at radius 1 is 1.00 bits per heavy atom. The minimum Gasteiger partial charge on any atom is -0.493 e. The SMILES string of the molecule is COc1cccc(CNC2CCCCC2)c1OCc1ccccc1F.Cl. The maximum absolute atomic E-state index is 13.8. The molecule has 0 bridgehead atoms. The molecule has 0 radical (unpaired) electrons. The second kappa shape index (κ2) is 10.4. The van der Waals surface area contributed by atoms with Crippen molar-refractivity contribution in [2.75, 3.05) is 7.11 Å². The van der Waals surface area contributed by atoms with Crippen molar-refractivity contribution >= 4 is 12.4 Å². The Labute approximate surface area is 161 Å². The van der Waals surface area contributed by atoms with Crippen LogP contribution in [0.1, 0.15) is 43.2 Å². The van der Waals surface area contributed by atoms with Crippen LogP contribution in [0.15, 0.2) is 42.5 Å². The van der Waals surface area contributed by atoms with Gasteiger partial charge in [-0.05, 0) is 25.0 Å². The number of nitrogens with one attached hydrogen (secondary N) is 1. The third-order valence-corrected chi connectivity index (χ3v) is 4.80. The Balaban J connectivity index is 0.00000243. The highest BCUT2D eigenvalue weighted by Crippen LogP contribution is 2.32. The molecule has 0 atom stereocenters. The van der Waals surface area contributed by atoms with Gasteiger partial charge in [-0.1, -0.05) is 49.6 Å². The smallest absolute Gasteiger partial charge is 0.166 e. The molecule has 0 amide bonds. The Kier molecular flexibility index (Phi) is 8.20. The number of halogens is 2. The van der Waals surface area contributed by atoms with Crippen molar-refractivity contribution in [3.63, 3.8) is 0 Å². The fraction of sp³-hybridized carbons (Fsp3) is 0.429. The number of rotatable bonds is 7. The molecule has 2 aromatic carbocycles. The van der Waals surface area contributed by atoms with E-state index in [-0.39, 0.29) is 24.8 Å². The molecule has 142 valence electrons. The highest BCUT2D eigenvalue weighted by atomic mass is 35.5. The summed E-state index contributed by atoms with van der Waals surface area (Å²) < 4.78 is 25.3. The van der Waals surface area contributed by atoms with Crippen molar-refractivity contribution in [3.05, 3.63) is 59.4 Å². The van der Waals surface area contributed by atoms with Gasteiger partial charge in [0.2, 0.25) is 0 Å². The summed E-state index contributed by atoms with van der Waals surface area (Å²) in [6, 6.07) is 13.1. The zero-order valence-electron chi connectivity index (χ0n) is 15.2. The molecule has 0 aromatic heterocycles. The highest BCUT2D eigenvalue weighted by molar-refractivity contribution is 5.85. The fourth-order valence-corrected chi connectivity index (χ4v) is 3.35. The third kappa shape index (κ3) is 5.36. The summed E-state index contributed by atoms with van der Waals surface area (Å²) in [5.41, 5.74) is 1.58. The summed E-state index contributed by atoms with van der Waals surface area (Å²) in [6.07, 6.45) is 6.40. The van der Waals surface area contributed by atoms with E-state index in [2.05, 4.69) is 5.32 Å². The first-order valence-corrected chi connectivity index (χ1v) is 9.03. The predicted molar refractivity (Wildman–Crippen MR) is 105 cm³/mol. The molecular formula is C21H27ClFNO2. The van der Waals surface area contributed by atoms with Gasteiger partial charge in [-0.3, -0.25) is 0 Å². The van der Waals surface area contributed by atoms with E-state index in [4.69, 9.17) is 9.47 Å². The Bertz CT molecular complexity index is 689. The van der Waals surface area contributed by atoms with Gasteiger partial charge in [0.1, 0.15) is 12.4 Å². The number of para-hydroxylation sites is 1. The van der Waals surface area contributed by atoms with Crippen LogP contribution in [0, 0.1) is 5.82 Å². The summed E-state index contributed by atoms with van der Waals surface area (Å²) in [4.78, 5) is 0. The number of methoxy groups -OCH3 is 1. The summed E-state index contributed by atoms with van der Waals surface area (Å²) in [5.74, 6) is 1.12. The number of ether oxygens (including phenoxy) is 2. The minimum absolute atomic E-state index is 0. The van der Waals surface area contributed by atoms with E-state index in [1.54, 1.807) is 19.2 Å². The Morgan fingerprint density at radius 3 is 2.46 bits per heavy atom. The quantitative estimate of drug-likeness (QED) is 0.712. The van der Waals surface area contributed by atoms with Crippen molar-refractivity contribution in [2.24, 2.45) is 0 Å². The summed E-state index contributed by atoms with van der Waals surface area (Å²) >= 11 is 0. The molecule has 1 aliphatic carbocycles. The van der Waals surface area contributed by atoms with E-state index < -0.39 is 0 Å². The molecular weight excluding hydrogens is 353 g/mol. The predicted octanol–water partition coefficient (Wildman–Crippen LogP) is 5.26. The van der Waals surface area contributed by atoms with Gasteiger partial charge in [0.25, 0.3) is 0 Å². The van der Waals surface area contributed by atoms with Crippen LogP contribution in [-0.4, -0.2) is 13.2 Å². The first-order chi connectivity index (χ1) is 12.3. The highest BCUT2D eigenvalue weighted by Gasteiger charge is 2.16. The maximum Gasteiger partial charge on any atom is 0.166 e. The number of benzene rings is 2. The molecule has 2 aromatic rings. The molecule has 5 heteroatoms. The fourth-order valence-electron chi connectivity index (χ4n) is 3.35. The lowest BCUT2D eigenvalue weighted by Gasteiger charge is -2.24. The average Bonchev–Trinajstić information content (AvgIpc) is 2.66. The van der Waals surface area contributed by atoms with E-state index in [9.17, 15) is 4.39 Å². The summed E-state index contributed by atoms with van der Waals surface area (Å²) in [6.45, 7) is 0.915. The van der Waals surface area contributed by atoms with Crippen molar-refractivity contribution in [3.8, 4) is 11.5 Å². The molecule has 1 fully saturated rings. The van der Waals surface area contributed by atoms with Crippen LogP contribution < -0.4 is 14.8 Å². The normalized spacial score (nSPS) is 14.5. The maximum atomic E-state index is 13.8. The van der Waals surface area contributed by atoms with Crippen LogP contribution in [0.2, 0.25) is 0 Å². The minimum atomic E-state index is -0.251. The van der Waals surface area contributed by atoms with Crippen LogP contribution in [-0.2, 0) is 13.2 Å². The van der Waals surface area contributed by atoms with E-state index in [1.807, 2.05) is 24.3 Å². The zero-order chi connectivity index (χ0) is 17.5. The first-order valence-electron chi connectivity index (χ1n) is 9.03. The lowest BCUT2D eigenvalue weighted by Crippen LogP contribution is -2.30.